The molecule has 0 bridgehead atoms. The molecule has 1 fully saturated rings. The number of benzene rings is 2. The van der Waals surface area contributed by atoms with Crippen molar-refractivity contribution in [2.75, 3.05) is 32.9 Å². The summed E-state index contributed by atoms with van der Waals surface area (Å²) in [6, 6.07) is 15.3. The highest BCUT2D eigenvalue weighted by atomic mass is 16.5. The van der Waals surface area contributed by atoms with Gasteiger partial charge in [-0.1, -0.05) is 25.1 Å². The molecule has 1 aliphatic heterocycles. The van der Waals surface area contributed by atoms with E-state index in [1.165, 1.54) is 4.90 Å². The van der Waals surface area contributed by atoms with Crippen LogP contribution in [0.4, 0.5) is 0 Å². The molecular weight excluding hydrogens is 412 g/mol. The van der Waals surface area contributed by atoms with Crippen molar-refractivity contribution in [3.63, 3.8) is 0 Å². The minimum absolute atomic E-state index is 0.166. The molecule has 1 N–H and O–H groups in total. The van der Waals surface area contributed by atoms with Gasteiger partial charge >= 0.3 is 5.97 Å². The maximum absolute atomic E-state index is 13.0. The highest BCUT2D eigenvalue weighted by molar-refractivity contribution is 5.99. The van der Waals surface area contributed by atoms with Crippen molar-refractivity contribution < 1.29 is 28.6 Å². The Morgan fingerprint density at radius 3 is 2.28 bits per heavy atom. The average Bonchev–Trinajstić information content (AvgIpc) is 2.82. The summed E-state index contributed by atoms with van der Waals surface area (Å²) in [7, 11) is 0. The number of ether oxygens (including phenoxy) is 3. The molecule has 8 heteroatoms. The third-order valence-electron chi connectivity index (χ3n) is 4.88. The molecule has 170 valence electrons. The van der Waals surface area contributed by atoms with Crippen LogP contribution in [0.5, 0.6) is 11.5 Å². The Kier molecular flexibility index (Phi) is 8.48. The number of carbonyl (C=O) groups is 3. The number of amides is 2. The van der Waals surface area contributed by atoms with Crippen LogP contribution in [-0.2, 0) is 14.3 Å². The van der Waals surface area contributed by atoms with Crippen LogP contribution in [0.25, 0.3) is 0 Å². The van der Waals surface area contributed by atoms with Crippen LogP contribution >= 0.6 is 0 Å². The molecule has 0 aliphatic carbocycles. The third kappa shape index (κ3) is 6.47. The summed E-state index contributed by atoms with van der Waals surface area (Å²) in [6.45, 7) is 3.60. The van der Waals surface area contributed by atoms with Crippen molar-refractivity contribution in [2.24, 2.45) is 0 Å². The molecule has 32 heavy (non-hydrogen) atoms. The van der Waals surface area contributed by atoms with E-state index < -0.39 is 12.0 Å². The van der Waals surface area contributed by atoms with Gasteiger partial charge < -0.3 is 24.4 Å². The number of hydrogen-bond donors (Lipinski definition) is 1. The van der Waals surface area contributed by atoms with Crippen LogP contribution in [0, 0.1) is 0 Å². The smallest absolute Gasteiger partial charge is 0.308 e. The number of nitrogens with one attached hydrogen (secondary N) is 1. The quantitative estimate of drug-likeness (QED) is 0.451. The summed E-state index contributed by atoms with van der Waals surface area (Å²) in [6.07, 6.45) is 0.526. The molecule has 3 rings (SSSR count). The number of esters is 1. The molecule has 2 aromatic carbocycles. The summed E-state index contributed by atoms with van der Waals surface area (Å²) in [5, 5.41) is 2.71. The van der Waals surface area contributed by atoms with Gasteiger partial charge in [-0.25, -0.2) is 0 Å². The lowest BCUT2D eigenvalue weighted by Crippen LogP contribution is -2.57. The lowest BCUT2D eigenvalue weighted by molar-refractivity contribution is -0.147. The fourth-order valence-corrected chi connectivity index (χ4v) is 3.29. The Labute approximate surface area is 187 Å². The van der Waals surface area contributed by atoms with Gasteiger partial charge in [-0.3, -0.25) is 14.4 Å². The zero-order chi connectivity index (χ0) is 22.8. The van der Waals surface area contributed by atoms with Crippen molar-refractivity contribution in [3.05, 3.63) is 60.2 Å². The van der Waals surface area contributed by atoms with Crippen LogP contribution < -0.4 is 14.8 Å². The summed E-state index contributed by atoms with van der Waals surface area (Å²) < 4.78 is 16.3. The van der Waals surface area contributed by atoms with Gasteiger partial charge in [0, 0.05) is 18.7 Å². The van der Waals surface area contributed by atoms with Gasteiger partial charge in [0.2, 0.25) is 5.91 Å². The van der Waals surface area contributed by atoms with E-state index >= 15 is 0 Å². The Balaban J connectivity index is 1.54. The molecular formula is C24H28N2O6. The molecule has 1 unspecified atom stereocenters. The maximum Gasteiger partial charge on any atom is 0.308 e. The van der Waals surface area contributed by atoms with E-state index in [2.05, 4.69) is 5.32 Å². The second-order valence-electron chi connectivity index (χ2n) is 7.26. The zero-order valence-corrected chi connectivity index (χ0v) is 18.1. The monoisotopic (exact) mass is 440 g/mol. The number of carbonyl (C=O) groups excluding carboxylic acids is 3. The van der Waals surface area contributed by atoms with Gasteiger partial charge in [0.1, 0.15) is 30.8 Å². The Hall–Kier alpha value is -3.55. The van der Waals surface area contributed by atoms with Crippen LogP contribution in [-0.4, -0.2) is 61.6 Å². The molecule has 0 saturated carbocycles. The van der Waals surface area contributed by atoms with E-state index in [4.69, 9.17) is 14.2 Å². The van der Waals surface area contributed by atoms with Crippen molar-refractivity contribution in [1.82, 2.24) is 10.2 Å². The van der Waals surface area contributed by atoms with Crippen LogP contribution in [0.15, 0.2) is 54.6 Å². The Morgan fingerprint density at radius 2 is 1.62 bits per heavy atom. The summed E-state index contributed by atoms with van der Waals surface area (Å²) in [5.74, 6) is 0.224. The van der Waals surface area contributed by atoms with E-state index in [9.17, 15) is 14.4 Å². The van der Waals surface area contributed by atoms with Crippen LogP contribution in [0.2, 0.25) is 0 Å². The first-order valence-corrected chi connectivity index (χ1v) is 10.7. The number of hydrogen-bond acceptors (Lipinski definition) is 6. The first-order chi connectivity index (χ1) is 15.6. The van der Waals surface area contributed by atoms with Gasteiger partial charge in [-0.05, 0) is 42.8 Å². The highest BCUT2D eigenvalue weighted by Gasteiger charge is 2.35. The molecule has 2 amide bonds. The summed E-state index contributed by atoms with van der Waals surface area (Å²) in [5.41, 5.74) is 0.416. The Bertz CT molecular complexity index is 900. The van der Waals surface area contributed by atoms with Crippen molar-refractivity contribution in [2.45, 2.75) is 25.8 Å². The first-order valence-electron chi connectivity index (χ1n) is 10.7. The SMILES string of the molecule is CCCOC(=O)CC1C(=O)NCCN1C(=O)c1ccc(OCCOc2ccccc2)cc1. The number of nitrogens with zero attached hydrogens (tertiary/aromatic N) is 1. The highest BCUT2D eigenvalue weighted by Crippen LogP contribution is 2.18. The summed E-state index contributed by atoms with van der Waals surface area (Å²) in [4.78, 5) is 38.8. The predicted molar refractivity (Wildman–Crippen MR) is 118 cm³/mol. The normalized spacial score (nSPS) is 15.6. The number of rotatable bonds is 10. The molecule has 8 nitrogen and oxygen atoms in total. The minimum atomic E-state index is -0.883. The fourth-order valence-electron chi connectivity index (χ4n) is 3.29. The van der Waals surface area contributed by atoms with Crippen molar-refractivity contribution in [1.29, 1.82) is 0 Å². The summed E-state index contributed by atoms with van der Waals surface area (Å²) >= 11 is 0. The van der Waals surface area contributed by atoms with Crippen molar-refractivity contribution >= 4 is 17.8 Å². The predicted octanol–water partition coefficient (Wildman–Crippen LogP) is 2.43. The van der Waals surface area contributed by atoms with Gasteiger partial charge in [-0.15, -0.1) is 0 Å². The van der Waals surface area contributed by atoms with Crippen LogP contribution in [0.1, 0.15) is 30.1 Å². The number of para-hydroxylation sites is 1. The van der Waals surface area contributed by atoms with Gasteiger partial charge in [0.05, 0.1) is 13.0 Å². The first kappa shape index (κ1) is 23.1. The maximum atomic E-state index is 13.0. The van der Waals surface area contributed by atoms with E-state index in [0.717, 1.165) is 5.75 Å². The molecule has 0 aromatic heterocycles. The van der Waals surface area contributed by atoms with E-state index in [1.54, 1.807) is 24.3 Å². The molecule has 2 aromatic rings. The molecule has 1 atom stereocenters. The van der Waals surface area contributed by atoms with Gasteiger partial charge in [0.15, 0.2) is 0 Å². The standard InChI is InChI=1S/C24H28N2O6/c1-2-14-32-22(27)17-21-23(28)25-12-13-26(21)24(29)18-8-10-20(11-9-18)31-16-15-30-19-6-4-3-5-7-19/h3-11,21H,2,12-17H2,1H3,(H,25,28). The van der Waals surface area contributed by atoms with Crippen molar-refractivity contribution in [3.8, 4) is 11.5 Å². The van der Waals surface area contributed by atoms with E-state index in [1.807, 2.05) is 37.3 Å². The minimum Gasteiger partial charge on any atom is -0.490 e. The van der Waals surface area contributed by atoms with Crippen LogP contribution in [0.3, 0.4) is 0 Å². The molecule has 1 aliphatic rings. The lowest BCUT2D eigenvalue weighted by Gasteiger charge is -2.34. The lowest BCUT2D eigenvalue weighted by atomic mass is 10.1. The average molecular weight is 440 g/mol. The topological polar surface area (TPSA) is 94.2 Å². The second kappa shape index (κ2) is 11.7. The second-order valence-corrected chi connectivity index (χ2v) is 7.26. The Morgan fingerprint density at radius 1 is 0.969 bits per heavy atom. The molecule has 1 heterocycles. The molecule has 1 saturated heterocycles. The third-order valence-corrected chi connectivity index (χ3v) is 4.88. The van der Waals surface area contributed by atoms with Gasteiger partial charge in [-0.2, -0.15) is 0 Å². The molecule has 0 spiro atoms. The zero-order valence-electron chi connectivity index (χ0n) is 18.1. The largest absolute Gasteiger partial charge is 0.490 e. The van der Waals surface area contributed by atoms with E-state index in [0.29, 0.717) is 50.6 Å². The van der Waals surface area contributed by atoms with Gasteiger partial charge in [0.25, 0.3) is 5.91 Å². The van der Waals surface area contributed by atoms with E-state index in [-0.39, 0.29) is 18.2 Å². The number of piperazine rings is 1. The molecule has 0 radical (unpaired) electrons. The fraction of sp³-hybridized carbons (Fsp3) is 0.375.